The molecule has 1 aromatic heterocycles. The Morgan fingerprint density at radius 1 is 1.43 bits per heavy atom. The summed E-state index contributed by atoms with van der Waals surface area (Å²) in [5.41, 5.74) is 6.21. The van der Waals surface area contributed by atoms with Gasteiger partial charge in [0.05, 0.1) is 0 Å². The first kappa shape index (κ1) is 15.5. The summed E-state index contributed by atoms with van der Waals surface area (Å²) in [6, 6.07) is 5.84. The maximum absolute atomic E-state index is 13.2. The average Bonchev–Trinajstić information content (AvgIpc) is 2.75. The first-order valence-corrected chi connectivity index (χ1v) is 7.82. The molecule has 0 bridgehead atoms. The average molecular weight is 312 g/mol. The molecule has 0 atom stereocenters. The van der Waals surface area contributed by atoms with Gasteiger partial charge >= 0.3 is 0 Å². The Balaban J connectivity index is 2.34. The van der Waals surface area contributed by atoms with E-state index >= 15 is 0 Å². The monoisotopic (exact) mass is 312 g/mol. The van der Waals surface area contributed by atoms with E-state index in [1.165, 1.54) is 27.3 Å². The van der Waals surface area contributed by atoms with Crippen molar-refractivity contribution >= 4 is 15.8 Å². The van der Waals surface area contributed by atoms with E-state index in [1.807, 2.05) is 0 Å². The predicted molar refractivity (Wildman–Crippen MR) is 77.3 cm³/mol. The Morgan fingerprint density at radius 3 is 2.67 bits per heavy atom. The van der Waals surface area contributed by atoms with Gasteiger partial charge in [-0.1, -0.05) is 19.1 Å². The molecule has 0 unspecified atom stereocenters. The lowest BCUT2D eigenvalue weighted by atomic mass is 10.2. The summed E-state index contributed by atoms with van der Waals surface area (Å²) in [6.45, 7) is 2.03. The van der Waals surface area contributed by atoms with Gasteiger partial charge in [-0.2, -0.15) is 9.40 Å². The van der Waals surface area contributed by atoms with Crippen LogP contribution >= 0.6 is 0 Å². The van der Waals surface area contributed by atoms with Crippen LogP contribution in [0.5, 0.6) is 0 Å². The van der Waals surface area contributed by atoms with Gasteiger partial charge in [0, 0.05) is 26.3 Å². The molecule has 0 aliphatic rings. The minimum Gasteiger partial charge on any atom is -0.381 e. The summed E-state index contributed by atoms with van der Waals surface area (Å²) in [5, 5.41) is 3.84. The second-order valence-electron chi connectivity index (χ2n) is 4.61. The molecule has 0 aliphatic heterocycles. The molecule has 0 amide bonds. The molecule has 2 rings (SSSR count). The number of rotatable bonds is 5. The van der Waals surface area contributed by atoms with Crippen molar-refractivity contribution in [3.05, 3.63) is 41.8 Å². The summed E-state index contributed by atoms with van der Waals surface area (Å²) < 4.78 is 41.0. The molecule has 21 heavy (non-hydrogen) atoms. The van der Waals surface area contributed by atoms with Gasteiger partial charge in [0.1, 0.15) is 10.7 Å². The third-order valence-electron chi connectivity index (χ3n) is 3.04. The van der Waals surface area contributed by atoms with E-state index in [2.05, 4.69) is 5.10 Å². The van der Waals surface area contributed by atoms with Crippen LogP contribution in [0.15, 0.2) is 35.4 Å². The zero-order valence-electron chi connectivity index (χ0n) is 11.8. The molecule has 0 saturated carbocycles. The summed E-state index contributed by atoms with van der Waals surface area (Å²) >= 11 is 0. The predicted octanol–water partition coefficient (Wildman–Crippen LogP) is 1.35. The van der Waals surface area contributed by atoms with E-state index in [9.17, 15) is 12.8 Å². The topological polar surface area (TPSA) is 81.2 Å². The quantitative estimate of drug-likeness (QED) is 0.903. The van der Waals surface area contributed by atoms with Crippen molar-refractivity contribution in [1.29, 1.82) is 0 Å². The fourth-order valence-electron chi connectivity index (χ4n) is 2.03. The van der Waals surface area contributed by atoms with Crippen LogP contribution in [0.25, 0.3) is 0 Å². The van der Waals surface area contributed by atoms with Crippen LogP contribution < -0.4 is 5.73 Å². The number of hydrogen-bond donors (Lipinski definition) is 1. The van der Waals surface area contributed by atoms with Gasteiger partial charge in [0.2, 0.25) is 10.0 Å². The van der Waals surface area contributed by atoms with Gasteiger partial charge in [0.25, 0.3) is 0 Å². The second kappa shape index (κ2) is 5.82. The number of nitrogen functional groups attached to an aromatic ring is 1. The summed E-state index contributed by atoms with van der Waals surface area (Å²) in [4.78, 5) is -0.0387. The van der Waals surface area contributed by atoms with Crippen LogP contribution in [0.3, 0.4) is 0 Å². The van der Waals surface area contributed by atoms with Gasteiger partial charge in [-0.3, -0.25) is 4.68 Å². The molecule has 1 aromatic carbocycles. The Kier molecular flexibility index (Phi) is 4.29. The van der Waals surface area contributed by atoms with E-state index in [-0.39, 0.29) is 23.8 Å². The van der Waals surface area contributed by atoms with Crippen molar-refractivity contribution in [2.24, 2.45) is 7.05 Å². The Morgan fingerprint density at radius 2 is 2.14 bits per heavy atom. The summed E-state index contributed by atoms with van der Waals surface area (Å²) in [7, 11) is -2.17. The minimum absolute atomic E-state index is 0.0387. The molecule has 114 valence electrons. The van der Waals surface area contributed by atoms with Crippen LogP contribution in [-0.4, -0.2) is 29.0 Å². The smallest absolute Gasteiger partial charge is 0.248 e. The number of benzene rings is 1. The van der Waals surface area contributed by atoms with Crippen LogP contribution in [0, 0.1) is 5.82 Å². The Bertz CT molecular complexity index is 742. The molecule has 2 N–H and O–H groups in total. The van der Waals surface area contributed by atoms with Crippen molar-refractivity contribution in [1.82, 2.24) is 14.1 Å². The number of aryl methyl sites for hydroxylation is 1. The minimum atomic E-state index is -3.77. The highest BCUT2D eigenvalue weighted by Gasteiger charge is 2.27. The Hall–Kier alpha value is -1.93. The van der Waals surface area contributed by atoms with Crippen LogP contribution in [0.1, 0.15) is 12.5 Å². The largest absolute Gasteiger partial charge is 0.381 e. The molecule has 0 radical (unpaired) electrons. The van der Waals surface area contributed by atoms with Crippen molar-refractivity contribution < 1.29 is 12.8 Å². The lowest BCUT2D eigenvalue weighted by Gasteiger charge is -2.20. The second-order valence-corrected chi connectivity index (χ2v) is 6.52. The highest BCUT2D eigenvalue weighted by molar-refractivity contribution is 7.89. The van der Waals surface area contributed by atoms with E-state index < -0.39 is 15.8 Å². The van der Waals surface area contributed by atoms with Crippen LogP contribution in [-0.2, 0) is 23.6 Å². The zero-order chi connectivity index (χ0) is 15.6. The van der Waals surface area contributed by atoms with Gasteiger partial charge < -0.3 is 5.73 Å². The number of nitrogens with zero attached hydrogens (tertiary/aromatic N) is 3. The highest BCUT2D eigenvalue weighted by atomic mass is 32.2. The first-order valence-electron chi connectivity index (χ1n) is 6.38. The number of aromatic nitrogens is 2. The summed E-state index contributed by atoms with van der Waals surface area (Å²) in [6.07, 6.45) is 1.36. The van der Waals surface area contributed by atoms with Crippen molar-refractivity contribution in [2.45, 2.75) is 18.4 Å². The third kappa shape index (κ3) is 3.22. The highest BCUT2D eigenvalue weighted by Crippen LogP contribution is 2.22. The SMILES string of the molecule is CCN(Cc1cccc(F)c1)S(=O)(=O)c1cn(C)nc1N. The van der Waals surface area contributed by atoms with E-state index in [4.69, 9.17) is 5.73 Å². The molecule has 1 heterocycles. The third-order valence-corrected chi connectivity index (χ3v) is 4.98. The van der Waals surface area contributed by atoms with E-state index in [0.29, 0.717) is 5.56 Å². The fraction of sp³-hybridized carbons (Fsp3) is 0.308. The van der Waals surface area contributed by atoms with Crippen molar-refractivity contribution in [3.8, 4) is 0 Å². The maximum atomic E-state index is 13.2. The molecule has 8 heteroatoms. The van der Waals surface area contributed by atoms with Crippen molar-refractivity contribution in [2.75, 3.05) is 12.3 Å². The van der Waals surface area contributed by atoms with Gasteiger partial charge in [-0.15, -0.1) is 0 Å². The summed E-state index contributed by atoms with van der Waals surface area (Å²) in [5.74, 6) is -0.447. The Labute approximate surface area is 123 Å². The number of sulfonamides is 1. The number of anilines is 1. The van der Waals surface area contributed by atoms with E-state index in [1.54, 1.807) is 26.1 Å². The molecule has 2 aromatic rings. The molecular weight excluding hydrogens is 295 g/mol. The van der Waals surface area contributed by atoms with E-state index in [0.717, 1.165) is 0 Å². The standard InChI is InChI=1S/C13H17FN4O2S/c1-3-18(8-10-5-4-6-11(14)7-10)21(19,20)12-9-17(2)16-13(12)15/h4-7,9H,3,8H2,1-2H3,(H2,15,16). The molecule has 0 saturated heterocycles. The van der Waals surface area contributed by atoms with Crippen LogP contribution in [0.4, 0.5) is 10.2 Å². The lowest BCUT2D eigenvalue weighted by Crippen LogP contribution is -2.30. The molecule has 6 nitrogen and oxygen atoms in total. The maximum Gasteiger partial charge on any atom is 0.248 e. The molecule has 0 spiro atoms. The molecule has 0 fully saturated rings. The number of nitrogens with two attached hydrogens (primary N) is 1. The lowest BCUT2D eigenvalue weighted by molar-refractivity contribution is 0.422. The first-order chi connectivity index (χ1) is 9.84. The molecule has 0 aliphatic carbocycles. The fourth-order valence-corrected chi connectivity index (χ4v) is 3.56. The zero-order valence-corrected chi connectivity index (χ0v) is 12.6. The van der Waals surface area contributed by atoms with Gasteiger partial charge in [0.15, 0.2) is 5.82 Å². The number of hydrogen-bond acceptors (Lipinski definition) is 4. The number of halogens is 1. The van der Waals surface area contributed by atoms with Crippen molar-refractivity contribution in [3.63, 3.8) is 0 Å². The van der Waals surface area contributed by atoms with Crippen LogP contribution in [0.2, 0.25) is 0 Å². The molecular formula is C13H17FN4O2S. The normalized spacial score (nSPS) is 12.0. The van der Waals surface area contributed by atoms with Gasteiger partial charge in [-0.05, 0) is 17.7 Å². The van der Waals surface area contributed by atoms with Gasteiger partial charge in [-0.25, -0.2) is 12.8 Å².